The fourth-order valence-electron chi connectivity index (χ4n) is 4.26. The van der Waals surface area contributed by atoms with Crippen LogP contribution in [0.2, 0.25) is 0 Å². The summed E-state index contributed by atoms with van der Waals surface area (Å²) in [5.41, 5.74) is 0. The van der Waals surface area contributed by atoms with Crippen LogP contribution in [0.5, 0.6) is 0 Å². The summed E-state index contributed by atoms with van der Waals surface area (Å²) < 4.78 is 10.8. The molecular weight excluding hydrogens is 334 g/mol. The summed E-state index contributed by atoms with van der Waals surface area (Å²) in [6.07, 6.45) is 9.61. The molecule has 2 saturated carbocycles. The second kappa shape index (κ2) is 11.3. The van der Waals surface area contributed by atoms with Crippen molar-refractivity contribution >= 4 is 5.97 Å². The van der Waals surface area contributed by atoms with Crippen LogP contribution in [0, 0.1) is 29.1 Å². The van der Waals surface area contributed by atoms with Crippen LogP contribution >= 0.6 is 0 Å². The highest BCUT2D eigenvalue weighted by Gasteiger charge is 2.36. The first kappa shape index (κ1) is 20.9. The van der Waals surface area contributed by atoms with E-state index in [1.165, 1.54) is 0 Å². The monoisotopic (exact) mass is 365 g/mol. The maximum absolute atomic E-state index is 10.9. The topological polar surface area (TPSA) is 88.8 Å². The molecule has 0 aromatic heterocycles. The predicted molar refractivity (Wildman–Crippen MR) is 96.0 cm³/mol. The molecule has 146 valence electrons. The van der Waals surface area contributed by atoms with Gasteiger partial charge in [-0.05, 0) is 63.2 Å². The van der Waals surface area contributed by atoms with E-state index in [9.17, 15) is 10.1 Å². The number of carbonyl (C=O) groups is 1. The molecular formula is C20H31NO5. The third kappa shape index (κ3) is 6.39. The summed E-state index contributed by atoms with van der Waals surface area (Å²) in [5.74, 6) is 0.480. The lowest BCUT2D eigenvalue weighted by molar-refractivity contribution is -0.307. The minimum absolute atomic E-state index is 0.117. The number of nitrogens with zero attached hydrogens (tertiary/aromatic N) is 1. The molecule has 1 unspecified atom stereocenters. The summed E-state index contributed by atoms with van der Waals surface area (Å²) >= 11 is 0. The van der Waals surface area contributed by atoms with Crippen LogP contribution in [0.1, 0.15) is 57.8 Å². The average molecular weight is 365 g/mol. The van der Waals surface area contributed by atoms with Gasteiger partial charge in [0.1, 0.15) is 0 Å². The Kier molecular flexibility index (Phi) is 9.10. The van der Waals surface area contributed by atoms with Gasteiger partial charge in [-0.3, -0.25) is 5.26 Å². The van der Waals surface area contributed by atoms with Crippen LogP contribution in [-0.4, -0.2) is 36.6 Å². The van der Waals surface area contributed by atoms with Gasteiger partial charge in [-0.15, -0.1) is 0 Å². The first-order valence-corrected chi connectivity index (χ1v) is 9.78. The fourth-order valence-corrected chi connectivity index (χ4v) is 4.26. The van der Waals surface area contributed by atoms with E-state index in [1.807, 2.05) is 0 Å². The highest BCUT2D eigenvalue weighted by molar-refractivity contribution is 5.81. The molecule has 0 aromatic carbocycles. The van der Waals surface area contributed by atoms with Crippen molar-refractivity contribution in [3.63, 3.8) is 0 Å². The van der Waals surface area contributed by atoms with Gasteiger partial charge >= 0.3 is 5.97 Å². The Morgan fingerprint density at radius 2 is 1.73 bits per heavy atom. The molecule has 0 amide bonds. The van der Waals surface area contributed by atoms with Crippen molar-refractivity contribution in [2.75, 3.05) is 13.2 Å². The number of ether oxygens (including phenoxy) is 2. The Balaban J connectivity index is 1.64. The summed E-state index contributed by atoms with van der Waals surface area (Å²) in [4.78, 5) is 15.8. The van der Waals surface area contributed by atoms with E-state index in [4.69, 9.17) is 19.6 Å². The molecule has 2 aliphatic rings. The fraction of sp³-hybridized carbons (Fsp3) is 0.800. The molecule has 2 fully saturated rings. The maximum atomic E-state index is 10.9. The van der Waals surface area contributed by atoms with E-state index in [1.54, 1.807) is 0 Å². The van der Waals surface area contributed by atoms with Crippen LogP contribution in [0.4, 0.5) is 0 Å². The Hall–Kier alpha value is -1.42. The van der Waals surface area contributed by atoms with Gasteiger partial charge in [0.2, 0.25) is 0 Å². The molecule has 0 aromatic rings. The van der Waals surface area contributed by atoms with Crippen molar-refractivity contribution in [2.24, 2.45) is 17.8 Å². The van der Waals surface area contributed by atoms with Gasteiger partial charge in [-0.1, -0.05) is 6.58 Å². The molecule has 1 atom stereocenters. The summed E-state index contributed by atoms with van der Waals surface area (Å²) in [7, 11) is 0. The van der Waals surface area contributed by atoms with E-state index in [0.717, 1.165) is 57.4 Å². The molecule has 1 N–H and O–H groups in total. The van der Waals surface area contributed by atoms with Crippen molar-refractivity contribution in [3.8, 4) is 6.07 Å². The standard InChI is InChI=1S/C20H31NO5/c1-2-19(22)25-13-3-12-24-18-10-8-17(9-11-18)20(26-23)16-6-4-15(14-21)5-7-16/h2,15-18,20,23H,1,3-13H2. The normalized spacial score (nSPS) is 30.2. The van der Waals surface area contributed by atoms with Gasteiger partial charge < -0.3 is 9.47 Å². The van der Waals surface area contributed by atoms with Crippen LogP contribution in [0.15, 0.2) is 12.7 Å². The molecule has 0 bridgehead atoms. The molecule has 0 spiro atoms. The Morgan fingerprint density at radius 1 is 1.12 bits per heavy atom. The number of hydrogen-bond donors (Lipinski definition) is 1. The van der Waals surface area contributed by atoms with E-state index < -0.39 is 5.97 Å². The second-order valence-electron chi connectivity index (χ2n) is 7.44. The summed E-state index contributed by atoms with van der Waals surface area (Å²) in [6, 6.07) is 2.35. The summed E-state index contributed by atoms with van der Waals surface area (Å²) in [6.45, 7) is 4.29. The molecule has 6 heteroatoms. The quantitative estimate of drug-likeness (QED) is 0.219. The van der Waals surface area contributed by atoms with E-state index >= 15 is 0 Å². The second-order valence-corrected chi connectivity index (χ2v) is 7.44. The third-order valence-electron chi connectivity index (χ3n) is 5.78. The van der Waals surface area contributed by atoms with Crippen LogP contribution in [0.3, 0.4) is 0 Å². The minimum Gasteiger partial charge on any atom is -0.462 e. The number of esters is 1. The first-order chi connectivity index (χ1) is 12.7. The molecule has 0 heterocycles. The first-order valence-electron chi connectivity index (χ1n) is 9.78. The van der Waals surface area contributed by atoms with Gasteiger partial charge in [0.05, 0.1) is 31.5 Å². The Morgan fingerprint density at radius 3 is 2.27 bits per heavy atom. The zero-order chi connectivity index (χ0) is 18.8. The number of hydrogen-bond acceptors (Lipinski definition) is 6. The van der Waals surface area contributed by atoms with Crippen molar-refractivity contribution < 1.29 is 24.4 Å². The van der Waals surface area contributed by atoms with Crippen LogP contribution in [0.25, 0.3) is 0 Å². The maximum Gasteiger partial charge on any atom is 0.330 e. The van der Waals surface area contributed by atoms with Crippen molar-refractivity contribution in [2.45, 2.75) is 70.0 Å². The predicted octanol–water partition coefficient (Wildman–Crippen LogP) is 3.87. The molecule has 26 heavy (non-hydrogen) atoms. The van der Waals surface area contributed by atoms with E-state index in [2.05, 4.69) is 12.6 Å². The minimum atomic E-state index is -0.399. The number of carbonyl (C=O) groups excluding carboxylic acids is 1. The van der Waals surface area contributed by atoms with Crippen molar-refractivity contribution in [3.05, 3.63) is 12.7 Å². The zero-order valence-corrected chi connectivity index (χ0v) is 15.5. The van der Waals surface area contributed by atoms with Crippen molar-refractivity contribution in [1.29, 1.82) is 5.26 Å². The molecule has 0 aliphatic heterocycles. The lowest BCUT2D eigenvalue weighted by atomic mass is 9.73. The van der Waals surface area contributed by atoms with E-state index in [0.29, 0.717) is 31.5 Å². The zero-order valence-electron chi connectivity index (χ0n) is 15.5. The SMILES string of the molecule is C=CC(=O)OCCCOC1CCC(C(OO)C2CCC(C#N)CC2)CC1. The van der Waals surface area contributed by atoms with Gasteiger partial charge in [-0.2, -0.15) is 5.26 Å². The van der Waals surface area contributed by atoms with Gasteiger partial charge in [0, 0.05) is 18.4 Å². The average Bonchev–Trinajstić information content (AvgIpc) is 2.69. The van der Waals surface area contributed by atoms with Gasteiger partial charge in [-0.25, -0.2) is 9.68 Å². The smallest absolute Gasteiger partial charge is 0.330 e. The van der Waals surface area contributed by atoms with Gasteiger partial charge in [0.25, 0.3) is 0 Å². The van der Waals surface area contributed by atoms with Gasteiger partial charge in [0.15, 0.2) is 0 Å². The molecule has 2 aliphatic carbocycles. The largest absolute Gasteiger partial charge is 0.462 e. The highest BCUT2D eigenvalue weighted by atomic mass is 17.1. The van der Waals surface area contributed by atoms with Crippen LogP contribution in [-0.2, 0) is 19.2 Å². The Bertz CT molecular complexity index is 473. The molecule has 6 nitrogen and oxygen atoms in total. The molecule has 2 rings (SSSR count). The van der Waals surface area contributed by atoms with Crippen LogP contribution < -0.4 is 0 Å². The van der Waals surface area contributed by atoms with Crippen molar-refractivity contribution in [1.82, 2.24) is 0 Å². The molecule has 0 saturated heterocycles. The number of nitriles is 1. The van der Waals surface area contributed by atoms with E-state index in [-0.39, 0.29) is 18.1 Å². The lowest BCUT2D eigenvalue weighted by Gasteiger charge is -2.38. The lowest BCUT2D eigenvalue weighted by Crippen LogP contribution is -2.37. The highest BCUT2D eigenvalue weighted by Crippen LogP contribution is 2.39. The Labute approximate surface area is 156 Å². The number of rotatable bonds is 9. The summed E-state index contributed by atoms with van der Waals surface area (Å²) in [5, 5.41) is 18.5. The molecule has 0 radical (unpaired) electrons. The third-order valence-corrected chi connectivity index (χ3v) is 5.78.